The van der Waals surface area contributed by atoms with Gasteiger partial charge in [0.15, 0.2) is 0 Å². The molecule has 0 spiro atoms. The van der Waals surface area contributed by atoms with Gasteiger partial charge < -0.3 is 15.5 Å². The molecule has 17 heavy (non-hydrogen) atoms. The number of nitrogens with one attached hydrogen (secondary N) is 2. The molecule has 0 aliphatic carbocycles. The number of carbonyl (C=O) groups is 2. The predicted octanol–water partition coefficient (Wildman–Crippen LogP) is -0.267. The highest BCUT2D eigenvalue weighted by molar-refractivity contribution is 5.85. The lowest BCUT2D eigenvalue weighted by Gasteiger charge is -2.20. The first-order chi connectivity index (χ1) is 7.80. The molecule has 0 radical (unpaired) electrons. The molecule has 0 heterocycles. The Kier molecular flexibility index (Phi) is 6.55. The summed E-state index contributed by atoms with van der Waals surface area (Å²) in [5.41, 5.74) is 0. The molecule has 0 saturated carbocycles. The second-order valence-electron chi connectivity index (χ2n) is 3.30. The molecule has 0 unspecified atom stereocenters. The average Bonchev–Trinajstić information content (AvgIpc) is 2.23. The number of nitrogens with zero attached hydrogens (tertiary/aromatic N) is 1. The van der Waals surface area contributed by atoms with Crippen LogP contribution in [0.5, 0.6) is 0 Å². The van der Waals surface area contributed by atoms with E-state index in [9.17, 15) is 22.8 Å². The lowest BCUT2D eigenvalue weighted by Crippen LogP contribution is -2.44. The van der Waals surface area contributed by atoms with Crippen LogP contribution in [0.4, 0.5) is 13.2 Å². The molecule has 0 saturated heterocycles. The first kappa shape index (κ1) is 15.7. The minimum Gasteiger partial charge on any atom is -0.358 e. The van der Waals surface area contributed by atoms with E-state index in [2.05, 4.69) is 5.32 Å². The van der Waals surface area contributed by atoms with Gasteiger partial charge in [0, 0.05) is 13.6 Å². The van der Waals surface area contributed by atoms with Crippen LogP contribution in [0.3, 0.4) is 0 Å². The summed E-state index contributed by atoms with van der Waals surface area (Å²) in [6, 6.07) is 0. The Morgan fingerprint density at radius 3 is 2.29 bits per heavy atom. The van der Waals surface area contributed by atoms with Crippen molar-refractivity contribution in [1.29, 1.82) is 0 Å². The van der Waals surface area contributed by atoms with Crippen molar-refractivity contribution >= 4 is 11.8 Å². The Hall–Kier alpha value is -1.31. The lowest BCUT2D eigenvalue weighted by molar-refractivity contribution is -0.137. The van der Waals surface area contributed by atoms with Gasteiger partial charge in [-0.05, 0) is 6.92 Å². The summed E-state index contributed by atoms with van der Waals surface area (Å²) in [5.74, 6) is -0.906. The van der Waals surface area contributed by atoms with Crippen molar-refractivity contribution in [2.75, 3.05) is 33.2 Å². The van der Waals surface area contributed by atoms with Crippen molar-refractivity contribution in [3.05, 3.63) is 0 Å². The van der Waals surface area contributed by atoms with Gasteiger partial charge in [-0.1, -0.05) is 0 Å². The highest BCUT2D eigenvalue weighted by atomic mass is 19.4. The fraction of sp³-hybridized carbons (Fsp3) is 0.778. The largest absolute Gasteiger partial charge is 0.401 e. The Morgan fingerprint density at radius 1 is 1.29 bits per heavy atom. The first-order valence-corrected chi connectivity index (χ1v) is 5.06. The number of hydrogen-bond donors (Lipinski definition) is 2. The van der Waals surface area contributed by atoms with Crippen molar-refractivity contribution in [3.8, 4) is 0 Å². The van der Waals surface area contributed by atoms with E-state index in [-0.39, 0.29) is 19.0 Å². The zero-order chi connectivity index (χ0) is 13.5. The van der Waals surface area contributed by atoms with Crippen LogP contribution in [0, 0.1) is 0 Å². The normalized spacial score (nSPS) is 11.1. The van der Waals surface area contributed by atoms with Crippen molar-refractivity contribution in [2.24, 2.45) is 0 Å². The molecule has 100 valence electrons. The van der Waals surface area contributed by atoms with Gasteiger partial charge in [-0.2, -0.15) is 13.2 Å². The van der Waals surface area contributed by atoms with Crippen molar-refractivity contribution in [1.82, 2.24) is 15.5 Å². The topological polar surface area (TPSA) is 61.4 Å². The molecule has 0 aromatic heterocycles. The van der Waals surface area contributed by atoms with E-state index < -0.39 is 25.2 Å². The Labute approximate surface area is 97.3 Å². The zero-order valence-electron chi connectivity index (χ0n) is 9.73. The molecular weight excluding hydrogens is 239 g/mol. The molecule has 0 aliphatic rings. The summed E-state index contributed by atoms with van der Waals surface area (Å²) in [6.07, 6.45) is -4.35. The van der Waals surface area contributed by atoms with E-state index in [1.54, 1.807) is 6.92 Å². The number of likely N-dealkylation sites (N-methyl/N-ethyl adjacent to an activating group) is 2. The Morgan fingerprint density at radius 2 is 1.88 bits per heavy atom. The average molecular weight is 255 g/mol. The van der Waals surface area contributed by atoms with Gasteiger partial charge in [0.2, 0.25) is 11.8 Å². The smallest absolute Gasteiger partial charge is 0.358 e. The van der Waals surface area contributed by atoms with E-state index in [0.717, 1.165) is 0 Å². The SMILES string of the molecule is CCN(CC(=O)NC)C(=O)CNCC(F)(F)F. The highest BCUT2D eigenvalue weighted by Crippen LogP contribution is 2.11. The molecule has 2 amide bonds. The standard InChI is InChI=1S/C9H16F3N3O2/c1-3-15(5-7(16)13-2)8(17)4-14-6-9(10,11)12/h14H,3-6H2,1-2H3,(H,13,16). The summed E-state index contributed by atoms with van der Waals surface area (Å²) < 4.78 is 35.4. The number of halogens is 3. The lowest BCUT2D eigenvalue weighted by atomic mass is 10.4. The maximum atomic E-state index is 11.8. The molecule has 0 bridgehead atoms. The fourth-order valence-corrected chi connectivity index (χ4v) is 1.05. The Balaban J connectivity index is 4.05. The predicted molar refractivity (Wildman–Crippen MR) is 55.2 cm³/mol. The van der Waals surface area contributed by atoms with Crippen LogP contribution >= 0.6 is 0 Å². The zero-order valence-corrected chi connectivity index (χ0v) is 9.73. The van der Waals surface area contributed by atoms with Crippen LogP contribution in [0.1, 0.15) is 6.92 Å². The molecular formula is C9H16F3N3O2. The first-order valence-electron chi connectivity index (χ1n) is 5.06. The third kappa shape index (κ3) is 7.56. The van der Waals surface area contributed by atoms with E-state index in [1.165, 1.54) is 11.9 Å². The van der Waals surface area contributed by atoms with Crippen LogP contribution in [-0.2, 0) is 9.59 Å². The second-order valence-corrected chi connectivity index (χ2v) is 3.30. The minimum atomic E-state index is -4.35. The minimum absolute atomic E-state index is 0.153. The molecule has 2 N–H and O–H groups in total. The molecule has 0 aromatic rings. The Bertz CT molecular complexity index is 269. The summed E-state index contributed by atoms with van der Waals surface area (Å²) in [4.78, 5) is 23.6. The van der Waals surface area contributed by atoms with Gasteiger partial charge in [0.05, 0.1) is 19.6 Å². The quantitative estimate of drug-likeness (QED) is 0.687. The molecule has 8 heteroatoms. The number of carbonyl (C=O) groups excluding carboxylic acids is 2. The van der Waals surface area contributed by atoms with E-state index in [1.807, 2.05) is 5.32 Å². The summed E-state index contributed by atoms with van der Waals surface area (Å²) in [6.45, 7) is 0.0880. The molecule has 0 aromatic carbocycles. The molecule has 0 atom stereocenters. The van der Waals surface area contributed by atoms with E-state index >= 15 is 0 Å². The third-order valence-electron chi connectivity index (χ3n) is 1.95. The van der Waals surface area contributed by atoms with Crippen LogP contribution < -0.4 is 10.6 Å². The molecule has 5 nitrogen and oxygen atoms in total. The fourth-order valence-electron chi connectivity index (χ4n) is 1.05. The van der Waals surface area contributed by atoms with Crippen LogP contribution in [0.15, 0.2) is 0 Å². The number of alkyl halides is 3. The van der Waals surface area contributed by atoms with Gasteiger partial charge in [0.1, 0.15) is 0 Å². The maximum Gasteiger partial charge on any atom is 0.401 e. The van der Waals surface area contributed by atoms with Gasteiger partial charge in [-0.15, -0.1) is 0 Å². The van der Waals surface area contributed by atoms with Gasteiger partial charge in [0.25, 0.3) is 0 Å². The molecule has 0 rings (SSSR count). The number of rotatable bonds is 6. The van der Waals surface area contributed by atoms with Crippen LogP contribution in [-0.4, -0.2) is 56.1 Å². The van der Waals surface area contributed by atoms with E-state index in [0.29, 0.717) is 0 Å². The number of amides is 2. The summed E-state index contributed by atoms with van der Waals surface area (Å²) in [5, 5.41) is 4.31. The van der Waals surface area contributed by atoms with Crippen molar-refractivity contribution < 1.29 is 22.8 Å². The second kappa shape index (κ2) is 7.10. The van der Waals surface area contributed by atoms with Crippen molar-refractivity contribution in [3.63, 3.8) is 0 Å². The van der Waals surface area contributed by atoms with Gasteiger partial charge in [-0.3, -0.25) is 9.59 Å². The van der Waals surface area contributed by atoms with Crippen molar-refractivity contribution in [2.45, 2.75) is 13.1 Å². The van der Waals surface area contributed by atoms with E-state index in [4.69, 9.17) is 0 Å². The van der Waals surface area contributed by atoms with Gasteiger partial charge in [-0.25, -0.2) is 0 Å². The summed E-state index contributed by atoms with van der Waals surface area (Å²) in [7, 11) is 1.42. The van der Waals surface area contributed by atoms with Gasteiger partial charge >= 0.3 is 6.18 Å². The number of hydrogen-bond acceptors (Lipinski definition) is 3. The summed E-state index contributed by atoms with van der Waals surface area (Å²) >= 11 is 0. The van der Waals surface area contributed by atoms with Crippen LogP contribution in [0.25, 0.3) is 0 Å². The van der Waals surface area contributed by atoms with Crippen LogP contribution in [0.2, 0.25) is 0 Å². The highest BCUT2D eigenvalue weighted by Gasteiger charge is 2.27. The molecule has 0 fully saturated rings. The molecule has 0 aliphatic heterocycles. The maximum absolute atomic E-state index is 11.8. The third-order valence-corrected chi connectivity index (χ3v) is 1.95. The monoisotopic (exact) mass is 255 g/mol.